The van der Waals surface area contributed by atoms with Gasteiger partial charge in [0.15, 0.2) is 0 Å². The van der Waals surface area contributed by atoms with E-state index in [1.165, 1.54) is 0 Å². The summed E-state index contributed by atoms with van der Waals surface area (Å²) in [6.07, 6.45) is 3.13. The topological polar surface area (TPSA) is 183 Å². The molecule has 0 unspecified atom stereocenters. The normalized spacial score (nSPS) is 13.5. The van der Waals surface area contributed by atoms with Crippen molar-refractivity contribution in [3.05, 3.63) is 48.0 Å². The first-order chi connectivity index (χ1) is 20.1. The molecule has 0 saturated carbocycles. The second-order valence-electron chi connectivity index (χ2n) is 9.19. The van der Waals surface area contributed by atoms with Crippen LogP contribution in [0.1, 0.15) is 12.0 Å². The van der Waals surface area contributed by atoms with Gasteiger partial charge < -0.3 is 25.8 Å². The summed E-state index contributed by atoms with van der Waals surface area (Å²) in [5, 5.41) is 14.2. The second-order valence-corrected chi connectivity index (χ2v) is 13.8. The zero-order valence-electron chi connectivity index (χ0n) is 22.9. The molecule has 5 N–H and O–H groups in total. The lowest BCUT2D eigenvalue weighted by molar-refractivity contribution is -0.137. The van der Waals surface area contributed by atoms with Crippen LogP contribution in [0.3, 0.4) is 0 Å². The summed E-state index contributed by atoms with van der Waals surface area (Å²) >= 11 is 6.56. The fourth-order valence-corrected chi connectivity index (χ4v) is 8.73. The number of halogens is 2. The molecule has 1 heterocycles. The minimum atomic E-state index is -2.78. The van der Waals surface area contributed by atoms with Gasteiger partial charge in [0.1, 0.15) is 13.3 Å². The number of hydrogen-bond acceptors (Lipinski definition) is 7. The van der Waals surface area contributed by atoms with Gasteiger partial charge in [-0.1, -0.05) is 62.2 Å². The van der Waals surface area contributed by atoms with Gasteiger partial charge in [-0.2, -0.15) is 0 Å². The third kappa shape index (κ3) is 13.0. The Balaban J connectivity index is 1.78. The van der Waals surface area contributed by atoms with Gasteiger partial charge in [-0.15, -0.1) is 0 Å². The van der Waals surface area contributed by atoms with Crippen LogP contribution in [-0.2, 0) is 39.8 Å². The SMILES string of the molecule is O=C(CCN1C(=O)C=CC1=O)NCCNC(=O)CNC(=O)[C@H](Cc1ccccc1)NC(=O)CNP(=O)(CCBr)CCBr. The molecule has 1 aliphatic rings. The van der Waals surface area contributed by atoms with Gasteiger partial charge in [-0.05, 0) is 5.56 Å². The van der Waals surface area contributed by atoms with Crippen molar-refractivity contribution < 1.29 is 33.3 Å². The Morgan fingerprint density at radius 1 is 0.810 bits per heavy atom. The number of carbonyl (C=O) groups excluding carboxylic acids is 6. The van der Waals surface area contributed by atoms with Gasteiger partial charge in [0, 0.05) is 67.6 Å². The molecule has 0 aliphatic carbocycles. The van der Waals surface area contributed by atoms with Gasteiger partial charge in [0.2, 0.25) is 23.6 Å². The molecule has 0 saturated heterocycles. The summed E-state index contributed by atoms with van der Waals surface area (Å²) in [7, 11) is -2.78. The number of imide groups is 1. The van der Waals surface area contributed by atoms with Gasteiger partial charge in [0.05, 0.1) is 13.1 Å². The number of benzene rings is 1. The number of nitrogens with one attached hydrogen (secondary N) is 5. The largest absolute Gasteiger partial charge is 0.354 e. The predicted molar refractivity (Wildman–Crippen MR) is 165 cm³/mol. The second kappa shape index (κ2) is 18.6. The molecule has 0 bridgehead atoms. The number of rotatable bonds is 19. The highest BCUT2D eigenvalue weighted by Gasteiger charge is 2.25. The molecule has 230 valence electrons. The first-order valence-corrected chi connectivity index (χ1v) is 17.5. The summed E-state index contributed by atoms with van der Waals surface area (Å²) in [5.41, 5.74) is 0.796. The van der Waals surface area contributed by atoms with Crippen LogP contribution < -0.4 is 26.4 Å². The molecule has 6 amide bonds. The fraction of sp³-hybridized carbons (Fsp3) is 0.462. The summed E-state index contributed by atoms with van der Waals surface area (Å²) in [5.74, 6) is -2.91. The summed E-state index contributed by atoms with van der Waals surface area (Å²) in [6, 6.07) is 8.07. The molecule has 1 atom stereocenters. The molecule has 1 aromatic carbocycles. The minimum absolute atomic E-state index is 0.0430. The third-order valence-electron chi connectivity index (χ3n) is 6.01. The van der Waals surface area contributed by atoms with E-state index < -0.39 is 48.8 Å². The van der Waals surface area contributed by atoms with Crippen molar-refractivity contribution in [1.29, 1.82) is 0 Å². The van der Waals surface area contributed by atoms with Crippen LogP contribution in [0.2, 0.25) is 0 Å². The van der Waals surface area contributed by atoms with E-state index in [0.29, 0.717) is 23.0 Å². The van der Waals surface area contributed by atoms with Crippen molar-refractivity contribution >= 4 is 74.6 Å². The zero-order chi connectivity index (χ0) is 31.0. The van der Waals surface area contributed by atoms with Crippen LogP contribution in [0.25, 0.3) is 0 Å². The highest BCUT2D eigenvalue weighted by atomic mass is 79.9. The monoisotopic (exact) mass is 732 g/mol. The molecule has 0 spiro atoms. The van der Waals surface area contributed by atoms with E-state index in [1.54, 1.807) is 12.1 Å². The van der Waals surface area contributed by atoms with Crippen LogP contribution in [0.4, 0.5) is 0 Å². The average Bonchev–Trinajstić information content (AvgIpc) is 3.28. The predicted octanol–water partition coefficient (Wildman–Crippen LogP) is 0.0351. The van der Waals surface area contributed by atoms with Gasteiger partial charge in [0.25, 0.3) is 11.8 Å². The molecular weight excluding hydrogens is 699 g/mol. The maximum atomic E-state index is 12.9. The summed E-state index contributed by atoms with van der Waals surface area (Å²) in [4.78, 5) is 73.8. The van der Waals surface area contributed by atoms with Crippen LogP contribution in [0, 0.1) is 0 Å². The highest BCUT2D eigenvalue weighted by molar-refractivity contribution is 9.09. The van der Waals surface area contributed by atoms with Gasteiger partial charge in [-0.3, -0.25) is 38.8 Å². The van der Waals surface area contributed by atoms with E-state index in [9.17, 15) is 33.3 Å². The number of nitrogens with zero attached hydrogens (tertiary/aromatic N) is 1. The highest BCUT2D eigenvalue weighted by Crippen LogP contribution is 2.40. The molecule has 1 aliphatic heterocycles. The van der Waals surface area contributed by atoms with E-state index in [1.807, 2.05) is 18.2 Å². The molecule has 0 aromatic heterocycles. The Morgan fingerprint density at radius 3 is 2.00 bits per heavy atom. The number of amides is 6. The lowest BCUT2D eigenvalue weighted by Crippen LogP contribution is -2.51. The quantitative estimate of drug-likeness (QED) is 0.0572. The van der Waals surface area contributed by atoms with Crippen molar-refractivity contribution in [2.45, 2.75) is 18.9 Å². The Hall–Kier alpha value is -2.87. The Bertz CT molecular complexity index is 1170. The summed E-state index contributed by atoms with van der Waals surface area (Å²) < 4.78 is 12.9. The van der Waals surface area contributed by atoms with Crippen LogP contribution in [0.5, 0.6) is 0 Å². The van der Waals surface area contributed by atoms with Crippen LogP contribution in [0.15, 0.2) is 42.5 Å². The molecule has 1 aromatic rings. The summed E-state index contributed by atoms with van der Waals surface area (Å²) in [6.45, 7) is -0.443. The Labute approximate surface area is 261 Å². The standard InChI is InChI=1S/C26H35Br2N6O7P/c27-9-14-42(41,15-10-28)32-18-23(37)33-20(16-19-4-2-1-3-5-19)26(40)31-17-22(36)30-12-11-29-21(35)8-13-34-24(38)6-7-25(34)39/h1-7,20H,8-18H2,(H,29,35)(H,30,36)(H,31,40)(H,32,41)(H,33,37)/t20-/m0/s1. The lowest BCUT2D eigenvalue weighted by Gasteiger charge is -2.21. The van der Waals surface area contributed by atoms with Gasteiger partial charge >= 0.3 is 0 Å². The van der Waals surface area contributed by atoms with Crippen molar-refractivity contribution in [2.75, 3.05) is 55.7 Å². The molecule has 42 heavy (non-hydrogen) atoms. The first kappa shape index (κ1) is 35.3. The van der Waals surface area contributed by atoms with Crippen molar-refractivity contribution in [2.24, 2.45) is 0 Å². The van der Waals surface area contributed by atoms with E-state index in [-0.39, 0.29) is 45.6 Å². The van der Waals surface area contributed by atoms with E-state index in [0.717, 1.165) is 22.6 Å². The molecular formula is C26H35Br2N6O7P. The molecule has 0 fully saturated rings. The molecule has 0 radical (unpaired) electrons. The van der Waals surface area contributed by atoms with Crippen LogP contribution >= 0.6 is 39.2 Å². The minimum Gasteiger partial charge on any atom is -0.354 e. The van der Waals surface area contributed by atoms with Crippen molar-refractivity contribution in [1.82, 2.24) is 31.3 Å². The van der Waals surface area contributed by atoms with Gasteiger partial charge in [-0.25, -0.2) is 0 Å². The third-order valence-corrected chi connectivity index (χ3v) is 10.7. The lowest BCUT2D eigenvalue weighted by atomic mass is 10.1. The molecule has 16 heteroatoms. The van der Waals surface area contributed by atoms with E-state index in [4.69, 9.17) is 0 Å². The van der Waals surface area contributed by atoms with Crippen molar-refractivity contribution in [3.63, 3.8) is 0 Å². The fourth-order valence-electron chi connectivity index (χ4n) is 3.77. The smallest absolute Gasteiger partial charge is 0.253 e. The Kier molecular flexibility index (Phi) is 15.7. The zero-order valence-corrected chi connectivity index (χ0v) is 27.0. The number of alkyl halides is 2. The number of carbonyl (C=O) groups is 6. The Morgan fingerprint density at radius 2 is 1.40 bits per heavy atom. The average molecular weight is 734 g/mol. The van der Waals surface area contributed by atoms with E-state index in [2.05, 4.69) is 58.2 Å². The van der Waals surface area contributed by atoms with Crippen molar-refractivity contribution in [3.8, 4) is 0 Å². The molecule has 2 rings (SSSR count). The maximum Gasteiger partial charge on any atom is 0.253 e. The van der Waals surface area contributed by atoms with Crippen LogP contribution in [-0.4, -0.2) is 102 Å². The molecule has 13 nitrogen and oxygen atoms in total. The first-order valence-electron chi connectivity index (χ1n) is 13.2. The van der Waals surface area contributed by atoms with E-state index >= 15 is 0 Å². The maximum absolute atomic E-state index is 12.9. The number of hydrogen-bond donors (Lipinski definition) is 5.